The summed E-state index contributed by atoms with van der Waals surface area (Å²) >= 11 is 0. The Morgan fingerprint density at radius 1 is 1.17 bits per heavy atom. The molecule has 18 heavy (non-hydrogen) atoms. The zero-order chi connectivity index (χ0) is 13.0. The molecule has 0 bridgehead atoms. The monoisotopic (exact) mass is 260 g/mol. The molecule has 0 saturated heterocycles. The van der Waals surface area contributed by atoms with Crippen LogP contribution in [0.25, 0.3) is 0 Å². The lowest BCUT2D eigenvalue weighted by Crippen LogP contribution is -2.05. The van der Waals surface area contributed by atoms with E-state index >= 15 is 0 Å². The van der Waals surface area contributed by atoms with Gasteiger partial charge in [0.2, 0.25) is 0 Å². The van der Waals surface area contributed by atoms with Crippen LogP contribution in [0.2, 0.25) is 0 Å². The van der Waals surface area contributed by atoms with Crippen molar-refractivity contribution in [2.75, 3.05) is 5.75 Å². The van der Waals surface area contributed by atoms with E-state index in [0.29, 0.717) is 10.8 Å². The molecule has 0 radical (unpaired) electrons. The second kappa shape index (κ2) is 5.31. The van der Waals surface area contributed by atoms with E-state index in [0.717, 1.165) is 11.3 Å². The smallest absolute Gasteiger partial charge is 0.136 e. The van der Waals surface area contributed by atoms with Gasteiger partial charge >= 0.3 is 0 Å². The Labute approximate surface area is 108 Å². The van der Waals surface area contributed by atoms with E-state index in [1.807, 2.05) is 50.2 Å². The summed E-state index contributed by atoms with van der Waals surface area (Å²) in [6.45, 7) is 3.88. The first-order valence-electron chi connectivity index (χ1n) is 5.86. The van der Waals surface area contributed by atoms with Gasteiger partial charge in [-0.05, 0) is 31.2 Å². The molecule has 0 aliphatic rings. The van der Waals surface area contributed by atoms with Crippen LogP contribution in [0.4, 0.5) is 5.69 Å². The highest BCUT2D eigenvalue weighted by atomic mass is 32.2. The van der Waals surface area contributed by atoms with Crippen molar-refractivity contribution in [2.24, 2.45) is 4.36 Å². The van der Waals surface area contributed by atoms with Crippen molar-refractivity contribution in [3.8, 4) is 0 Å². The number of rotatable bonds is 3. The van der Waals surface area contributed by atoms with E-state index in [2.05, 4.69) is 9.35 Å². The molecule has 0 aliphatic heterocycles. The number of hydrogen-bond donors (Lipinski definition) is 0. The predicted molar refractivity (Wildman–Crippen MR) is 74.5 cm³/mol. The maximum absolute atomic E-state index is 12.8. The van der Waals surface area contributed by atoms with Gasteiger partial charge in [-0.2, -0.15) is 4.36 Å². The van der Waals surface area contributed by atoms with Gasteiger partial charge in [0, 0.05) is 11.9 Å². The van der Waals surface area contributed by atoms with Gasteiger partial charge in [-0.1, -0.05) is 30.7 Å². The Bertz CT molecular complexity index is 627. The molecule has 2 rings (SSSR count). The van der Waals surface area contributed by atoms with Crippen LogP contribution in [0.3, 0.4) is 0 Å². The lowest BCUT2D eigenvalue weighted by atomic mass is 10.2. The van der Waals surface area contributed by atoms with Gasteiger partial charge in [0.05, 0.1) is 15.4 Å². The van der Waals surface area contributed by atoms with Gasteiger partial charge in [0.25, 0.3) is 0 Å². The highest BCUT2D eigenvalue weighted by Crippen LogP contribution is 2.20. The molecular weight excluding hydrogens is 244 g/mol. The molecule has 0 amide bonds. The minimum absolute atomic E-state index is 0.456. The fraction of sp³-hybridized carbons (Fsp3) is 0.214. The molecule has 1 heterocycles. The molecule has 94 valence electrons. The number of aryl methyl sites for hydroxylation is 1. The maximum Gasteiger partial charge on any atom is 0.136 e. The average Bonchev–Trinajstić information content (AvgIpc) is 2.42. The highest BCUT2D eigenvalue weighted by Gasteiger charge is 2.11. The molecule has 1 atom stereocenters. The van der Waals surface area contributed by atoms with E-state index in [9.17, 15) is 4.21 Å². The first-order valence-corrected chi connectivity index (χ1v) is 7.55. The molecule has 0 N–H and O–H groups in total. The fourth-order valence-corrected chi connectivity index (χ4v) is 3.07. The molecule has 2 aromatic rings. The number of aromatic nitrogens is 1. The van der Waals surface area contributed by atoms with Crippen molar-refractivity contribution >= 4 is 15.4 Å². The molecule has 4 heteroatoms. The lowest BCUT2D eigenvalue weighted by Gasteiger charge is -2.06. The zero-order valence-corrected chi connectivity index (χ0v) is 11.4. The van der Waals surface area contributed by atoms with E-state index in [1.165, 1.54) is 0 Å². The van der Waals surface area contributed by atoms with Crippen molar-refractivity contribution in [3.63, 3.8) is 0 Å². The summed E-state index contributed by atoms with van der Waals surface area (Å²) in [5.74, 6) is 0.456. The summed E-state index contributed by atoms with van der Waals surface area (Å²) in [7, 11) is -2.46. The largest absolute Gasteiger partial charge is 0.246 e. The normalized spacial score (nSPS) is 13.9. The highest BCUT2D eigenvalue weighted by molar-refractivity contribution is 7.93. The molecule has 0 saturated carbocycles. The van der Waals surface area contributed by atoms with Gasteiger partial charge in [0.15, 0.2) is 0 Å². The molecule has 0 aliphatic carbocycles. The molecular formula is C14H16N2OS. The van der Waals surface area contributed by atoms with E-state index in [4.69, 9.17) is 0 Å². The van der Waals surface area contributed by atoms with Crippen LogP contribution in [0.1, 0.15) is 12.5 Å². The van der Waals surface area contributed by atoms with Crippen LogP contribution in [0.5, 0.6) is 0 Å². The van der Waals surface area contributed by atoms with Crippen LogP contribution in [0.15, 0.2) is 58.1 Å². The third kappa shape index (κ3) is 2.76. The Morgan fingerprint density at radius 2 is 1.89 bits per heavy atom. The van der Waals surface area contributed by atoms with E-state index < -0.39 is 9.73 Å². The Balaban J connectivity index is 2.51. The minimum Gasteiger partial charge on any atom is -0.246 e. The number of pyridine rings is 1. The van der Waals surface area contributed by atoms with Gasteiger partial charge in [-0.25, -0.2) is 9.19 Å². The van der Waals surface area contributed by atoms with Crippen molar-refractivity contribution < 1.29 is 4.21 Å². The summed E-state index contributed by atoms with van der Waals surface area (Å²) in [5, 5.41) is 0.549. The summed E-state index contributed by atoms with van der Waals surface area (Å²) in [6, 6.07) is 13.1. The standard InChI is InChI=1S/C14H16N2OS/c1-3-18(17,14-6-4-5-11-15-14)16-13-9-7-12(2)8-10-13/h4-11H,3H2,1-2H3. The second-order valence-corrected chi connectivity index (χ2v) is 6.48. The van der Waals surface area contributed by atoms with Crippen LogP contribution < -0.4 is 0 Å². The Kier molecular flexibility index (Phi) is 3.77. The van der Waals surface area contributed by atoms with E-state index in [-0.39, 0.29) is 0 Å². The summed E-state index contributed by atoms with van der Waals surface area (Å²) in [6.07, 6.45) is 1.65. The zero-order valence-electron chi connectivity index (χ0n) is 10.5. The first kappa shape index (κ1) is 12.8. The quantitative estimate of drug-likeness (QED) is 0.846. The van der Waals surface area contributed by atoms with Gasteiger partial charge in [-0.3, -0.25) is 0 Å². The second-order valence-electron chi connectivity index (χ2n) is 4.02. The molecule has 1 aromatic carbocycles. The Morgan fingerprint density at radius 3 is 2.44 bits per heavy atom. The molecule has 0 fully saturated rings. The lowest BCUT2D eigenvalue weighted by molar-refractivity contribution is 0.674. The summed E-state index contributed by atoms with van der Waals surface area (Å²) in [4.78, 5) is 4.17. The SMILES string of the molecule is CCS(=O)(=Nc1ccc(C)cc1)c1ccccn1. The van der Waals surface area contributed by atoms with Crippen LogP contribution >= 0.6 is 0 Å². The molecule has 0 spiro atoms. The minimum atomic E-state index is -2.46. The summed E-state index contributed by atoms with van der Waals surface area (Å²) in [5.41, 5.74) is 1.90. The maximum atomic E-state index is 12.8. The molecule has 3 nitrogen and oxygen atoms in total. The third-order valence-electron chi connectivity index (χ3n) is 2.64. The van der Waals surface area contributed by atoms with Crippen molar-refractivity contribution in [3.05, 3.63) is 54.2 Å². The van der Waals surface area contributed by atoms with Crippen LogP contribution in [-0.2, 0) is 9.73 Å². The number of hydrogen-bond acceptors (Lipinski definition) is 3. The predicted octanol–water partition coefficient (Wildman–Crippen LogP) is 3.57. The molecule has 1 unspecified atom stereocenters. The number of nitrogens with zero attached hydrogens (tertiary/aromatic N) is 2. The van der Waals surface area contributed by atoms with Gasteiger partial charge < -0.3 is 0 Å². The average molecular weight is 260 g/mol. The molecule has 1 aromatic heterocycles. The summed E-state index contributed by atoms with van der Waals surface area (Å²) < 4.78 is 17.2. The first-order chi connectivity index (χ1) is 8.64. The van der Waals surface area contributed by atoms with Gasteiger partial charge in [-0.15, -0.1) is 0 Å². The van der Waals surface area contributed by atoms with Crippen molar-refractivity contribution in [1.82, 2.24) is 4.98 Å². The van der Waals surface area contributed by atoms with Crippen LogP contribution in [0, 0.1) is 6.92 Å². The van der Waals surface area contributed by atoms with Crippen molar-refractivity contribution in [1.29, 1.82) is 0 Å². The van der Waals surface area contributed by atoms with E-state index in [1.54, 1.807) is 12.3 Å². The topological polar surface area (TPSA) is 42.3 Å². The fourth-order valence-electron chi connectivity index (χ4n) is 1.57. The third-order valence-corrected chi connectivity index (χ3v) is 4.83. The Hall–Kier alpha value is -1.68. The van der Waals surface area contributed by atoms with Crippen molar-refractivity contribution in [2.45, 2.75) is 18.9 Å². The van der Waals surface area contributed by atoms with Gasteiger partial charge in [0.1, 0.15) is 5.03 Å². The van der Waals surface area contributed by atoms with Crippen LogP contribution in [-0.4, -0.2) is 14.9 Å². The number of benzene rings is 1.